The third-order valence-electron chi connectivity index (χ3n) is 2.52. The Morgan fingerprint density at radius 3 is 2.44 bits per heavy atom. The van der Waals surface area contributed by atoms with E-state index in [0.29, 0.717) is 17.2 Å². The van der Waals surface area contributed by atoms with Gasteiger partial charge in [-0.1, -0.05) is 0 Å². The molecule has 0 aliphatic rings. The van der Waals surface area contributed by atoms with Crippen LogP contribution in [0.2, 0.25) is 0 Å². The maximum Gasteiger partial charge on any atom is 0.236 e. The molecule has 0 aromatic heterocycles. The van der Waals surface area contributed by atoms with Gasteiger partial charge in [0.2, 0.25) is 10.0 Å². The molecule has 7 heteroatoms. The fourth-order valence-electron chi connectivity index (χ4n) is 1.48. The molecular formula is C11H18N2O4S. The summed E-state index contributed by atoms with van der Waals surface area (Å²) >= 11 is 0. The third kappa shape index (κ3) is 3.05. The Balaban J connectivity index is 3.17. The number of nitrogens with two attached hydrogens (primary N) is 1. The van der Waals surface area contributed by atoms with Crippen LogP contribution in [0.1, 0.15) is 0 Å². The first-order valence-corrected chi connectivity index (χ1v) is 6.96. The first-order valence-electron chi connectivity index (χ1n) is 5.35. The Bertz CT molecular complexity index is 502. The quantitative estimate of drug-likeness (QED) is 0.813. The van der Waals surface area contributed by atoms with Crippen LogP contribution >= 0.6 is 0 Å². The van der Waals surface area contributed by atoms with Crippen LogP contribution in [0.5, 0.6) is 11.5 Å². The van der Waals surface area contributed by atoms with E-state index >= 15 is 0 Å². The molecule has 0 radical (unpaired) electrons. The lowest BCUT2D eigenvalue weighted by Gasteiger charge is -2.21. The highest BCUT2D eigenvalue weighted by Gasteiger charge is 2.20. The van der Waals surface area contributed by atoms with E-state index in [1.165, 1.54) is 21.3 Å². The molecule has 0 bridgehead atoms. The van der Waals surface area contributed by atoms with E-state index in [9.17, 15) is 8.42 Å². The molecule has 0 unspecified atom stereocenters. The van der Waals surface area contributed by atoms with Gasteiger partial charge in [0.15, 0.2) is 0 Å². The van der Waals surface area contributed by atoms with Gasteiger partial charge in [-0.3, -0.25) is 4.31 Å². The van der Waals surface area contributed by atoms with Crippen molar-refractivity contribution in [3.05, 3.63) is 18.2 Å². The standard InChI is InChI=1S/C11H18N2O4S/c1-13(18(14,15)7-6-12)10-5-4-9(16-2)8-11(10)17-3/h4-5,8H,6-7,12H2,1-3H3. The molecule has 0 fully saturated rings. The minimum absolute atomic E-state index is 0.0745. The van der Waals surface area contributed by atoms with Gasteiger partial charge in [0, 0.05) is 19.7 Å². The fourth-order valence-corrected chi connectivity index (χ4v) is 2.50. The van der Waals surface area contributed by atoms with Crippen molar-refractivity contribution in [3.8, 4) is 11.5 Å². The molecule has 2 N–H and O–H groups in total. The van der Waals surface area contributed by atoms with Crippen molar-refractivity contribution in [1.82, 2.24) is 0 Å². The van der Waals surface area contributed by atoms with Gasteiger partial charge in [0.25, 0.3) is 0 Å². The molecule has 1 aromatic carbocycles. The molecule has 0 saturated carbocycles. The lowest BCUT2D eigenvalue weighted by molar-refractivity contribution is 0.395. The molecule has 0 saturated heterocycles. The molecule has 0 heterocycles. The number of benzene rings is 1. The van der Waals surface area contributed by atoms with E-state index in [2.05, 4.69) is 0 Å². The topological polar surface area (TPSA) is 81.9 Å². The maximum atomic E-state index is 11.9. The second-order valence-corrected chi connectivity index (χ2v) is 5.73. The smallest absolute Gasteiger partial charge is 0.236 e. The first kappa shape index (κ1) is 14.6. The normalized spacial score (nSPS) is 11.1. The monoisotopic (exact) mass is 274 g/mol. The summed E-state index contributed by atoms with van der Waals surface area (Å²) in [5.41, 5.74) is 5.74. The van der Waals surface area contributed by atoms with Crippen LogP contribution in [0.25, 0.3) is 0 Å². The highest BCUT2D eigenvalue weighted by molar-refractivity contribution is 7.92. The van der Waals surface area contributed by atoms with Crippen molar-refractivity contribution in [2.75, 3.05) is 37.9 Å². The summed E-state index contributed by atoms with van der Waals surface area (Å²) in [5.74, 6) is 0.913. The molecule has 0 atom stereocenters. The molecule has 6 nitrogen and oxygen atoms in total. The molecule has 1 aromatic rings. The molecule has 0 spiro atoms. The zero-order valence-corrected chi connectivity index (χ0v) is 11.5. The summed E-state index contributed by atoms with van der Waals surface area (Å²) in [7, 11) is 1.04. The molecule has 18 heavy (non-hydrogen) atoms. The summed E-state index contributed by atoms with van der Waals surface area (Å²) < 4.78 is 35.2. The van der Waals surface area contributed by atoms with E-state index in [0.717, 1.165) is 4.31 Å². The van der Waals surface area contributed by atoms with Crippen LogP contribution in [0.15, 0.2) is 18.2 Å². The molecule has 1 rings (SSSR count). The minimum Gasteiger partial charge on any atom is -0.497 e. The highest BCUT2D eigenvalue weighted by atomic mass is 32.2. The van der Waals surface area contributed by atoms with Crippen molar-refractivity contribution >= 4 is 15.7 Å². The maximum absolute atomic E-state index is 11.9. The van der Waals surface area contributed by atoms with Crippen molar-refractivity contribution in [2.24, 2.45) is 5.73 Å². The van der Waals surface area contributed by atoms with Gasteiger partial charge in [-0.2, -0.15) is 0 Å². The number of nitrogens with zero attached hydrogens (tertiary/aromatic N) is 1. The summed E-state index contributed by atoms with van der Waals surface area (Å²) in [4.78, 5) is 0. The lowest BCUT2D eigenvalue weighted by atomic mass is 10.3. The average molecular weight is 274 g/mol. The number of hydrogen-bond donors (Lipinski definition) is 1. The Kier molecular flexibility index (Phi) is 4.80. The second kappa shape index (κ2) is 5.92. The number of hydrogen-bond acceptors (Lipinski definition) is 5. The minimum atomic E-state index is -3.43. The number of ether oxygens (including phenoxy) is 2. The number of anilines is 1. The summed E-state index contributed by atoms with van der Waals surface area (Å²) in [6.07, 6.45) is 0. The second-order valence-electron chi connectivity index (χ2n) is 3.61. The van der Waals surface area contributed by atoms with E-state index in [1.807, 2.05) is 0 Å². The number of methoxy groups -OCH3 is 2. The number of rotatable bonds is 6. The Labute approximate surface area is 107 Å². The Morgan fingerprint density at radius 2 is 1.94 bits per heavy atom. The van der Waals surface area contributed by atoms with Crippen molar-refractivity contribution < 1.29 is 17.9 Å². The zero-order chi connectivity index (χ0) is 13.8. The predicted molar refractivity (Wildman–Crippen MR) is 70.8 cm³/mol. The largest absolute Gasteiger partial charge is 0.497 e. The molecular weight excluding hydrogens is 256 g/mol. The van der Waals surface area contributed by atoms with Gasteiger partial charge in [0.05, 0.1) is 25.7 Å². The highest BCUT2D eigenvalue weighted by Crippen LogP contribution is 2.32. The SMILES string of the molecule is COc1ccc(N(C)S(=O)(=O)CCN)c(OC)c1. The molecule has 102 valence electrons. The van der Waals surface area contributed by atoms with Crippen molar-refractivity contribution in [2.45, 2.75) is 0 Å². The lowest BCUT2D eigenvalue weighted by Crippen LogP contribution is -2.32. The van der Waals surface area contributed by atoms with Gasteiger partial charge in [-0.25, -0.2) is 8.42 Å². The molecule has 0 amide bonds. The zero-order valence-electron chi connectivity index (χ0n) is 10.7. The van der Waals surface area contributed by atoms with Crippen LogP contribution < -0.4 is 19.5 Å². The van der Waals surface area contributed by atoms with Gasteiger partial charge >= 0.3 is 0 Å². The van der Waals surface area contributed by atoms with Gasteiger partial charge < -0.3 is 15.2 Å². The Hall–Kier alpha value is -1.47. The van der Waals surface area contributed by atoms with Gasteiger partial charge in [-0.15, -0.1) is 0 Å². The van der Waals surface area contributed by atoms with Crippen LogP contribution in [0.4, 0.5) is 5.69 Å². The van der Waals surface area contributed by atoms with Crippen LogP contribution in [0, 0.1) is 0 Å². The predicted octanol–water partition coefficient (Wildman–Crippen LogP) is 0.428. The average Bonchev–Trinajstić information content (AvgIpc) is 2.37. The van der Waals surface area contributed by atoms with E-state index in [-0.39, 0.29) is 12.3 Å². The van der Waals surface area contributed by atoms with E-state index in [4.69, 9.17) is 15.2 Å². The molecule has 0 aliphatic heterocycles. The summed E-state index contributed by atoms with van der Waals surface area (Å²) in [6, 6.07) is 4.93. The Morgan fingerprint density at radius 1 is 1.28 bits per heavy atom. The van der Waals surface area contributed by atoms with Crippen LogP contribution in [-0.4, -0.2) is 42.0 Å². The van der Waals surface area contributed by atoms with E-state index < -0.39 is 10.0 Å². The van der Waals surface area contributed by atoms with E-state index in [1.54, 1.807) is 18.2 Å². The number of sulfonamides is 1. The van der Waals surface area contributed by atoms with Crippen molar-refractivity contribution in [1.29, 1.82) is 0 Å². The van der Waals surface area contributed by atoms with Gasteiger partial charge in [-0.05, 0) is 12.1 Å². The third-order valence-corrected chi connectivity index (χ3v) is 4.30. The summed E-state index contributed by atoms with van der Waals surface area (Å²) in [6.45, 7) is 0.0745. The molecule has 0 aliphatic carbocycles. The van der Waals surface area contributed by atoms with Crippen molar-refractivity contribution in [3.63, 3.8) is 0 Å². The fraction of sp³-hybridized carbons (Fsp3) is 0.455. The van der Waals surface area contributed by atoms with Gasteiger partial charge in [0.1, 0.15) is 11.5 Å². The van der Waals surface area contributed by atoms with Crippen LogP contribution in [-0.2, 0) is 10.0 Å². The first-order chi connectivity index (χ1) is 8.46. The van der Waals surface area contributed by atoms with Crippen LogP contribution in [0.3, 0.4) is 0 Å². The summed E-state index contributed by atoms with van der Waals surface area (Å²) in [5, 5.41) is 0.